The van der Waals surface area contributed by atoms with E-state index in [0.717, 1.165) is 42.6 Å². The fraction of sp³-hybridized carbons (Fsp3) is 0.423. The summed E-state index contributed by atoms with van der Waals surface area (Å²) < 4.78 is 5.92. The lowest BCUT2D eigenvalue weighted by Gasteiger charge is -2.52. The molecule has 1 aliphatic heterocycles. The van der Waals surface area contributed by atoms with E-state index in [9.17, 15) is 9.90 Å². The van der Waals surface area contributed by atoms with Crippen molar-refractivity contribution in [3.05, 3.63) is 71.8 Å². The quantitative estimate of drug-likeness (QED) is 0.713. The van der Waals surface area contributed by atoms with E-state index in [1.165, 1.54) is 0 Å². The van der Waals surface area contributed by atoms with E-state index in [1.807, 2.05) is 66.4 Å². The second kappa shape index (κ2) is 9.05. The van der Waals surface area contributed by atoms with Crippen LogP contribution in [0.15, 0.2) is 60.7 Å². The summed E-state index contributed by atoms with van der Waals surface area (Å²) in [7, 11) is 0. The molecule has 158 valence electrons. The zero-order chi connectivity index (χ0) is 21.0. The Balaban J connectivity index is 1.70. The van der Waals surface area contributed by atoms with Gasteiger partial charge in [-0.25, -0.2) is 0 Å². The highest BCUT2D eigenvalue weighted by molar-refractivity contribution is 5.92. The predicted molar refractivity (Wildman–Crippen MR) is 119 cm³/mol. The predicted octanol–water partition coefficient (Wildman–Crippen LogP) is 4.99. The summed E-state index contributed by atoms with van der Waals surface area (Å²) in [6, 6.07) is 17.7. The van der Waals surface area contributed by atoms with E-state index in [4.69, 9.17) is 4.74 Å². The van der Waals surface area contributed by atoms with Gasteiger partial charge in [0.25, 0.3) is 0 Å². The first kappa shape index (κ1) is 20.7. The molecule has 0 aromatic heterocycles. The molecule has 2 fully saturated rings. The van der Waals surface area contributed by atoms with Gasteiger partial charge in [-0.1, -0.05) is 61.4 Å². The maximum Gasteiger partial charge on any atom is 0.247 e. The molecule has 3 atom stereocenters. The minimum Gasteiger partial charge on any atom is -0.494 e. The SMILES string of the molecule is CCOc1ccccc1[C@H]1[C@H]2CCCC[C@@]2(O)CCN1C(=O)/C=C/c1ccccc1. The standard InChI is InChI=1S/C26H31NO3/c1-2-30-23-14-7-6-12-21(23)25-22-13-8-9-17-26(22,29)18-19-27(25)24(28)16-15-20-10-4-3-5-11-20/h3-7,10-12,14-16,22,25,29H,2,8-9,13,17-19H2,1H3/b16-15+/t22-,25+,26-/m1/s1. The molecule has 4 heteroatoms. The second-order valence-electron chi connectivity index (χ2n) is 8.40. The zero-order valence-corrected chi connectivity index (χ0v) is 17.7. The third-order valence-corrected chi connectivity index (χ3v) is 6.61. The molecule has 30 heavy (non-hydrogen) atoms. The zero-order valence-electron chi connectivity index (χ0n) is 17.7. The number of ether oxygens (including phenoxy) is 1. The number of likely N-dealkylation sites (tertiary alicyclic amines) is 1. The van der Waals surface area contributed by atoms with Crippen LogP contribution in [-0.2, 0) is 4.79 Å². The number of hydrogen-bond acceptors (Lipinski definition) is 3. The molecular weight excluding hydrogens is 374 g/mol. The van der Waals surface area contributed by atoms with Crippen LogP contribution in [0, 0.1) is 5.92 Å². The minimum atomic E-state index is -0.706. The van der Waals surface area contributed by atoms with Crippen LogP contribution < -0.4 is 4.74 Å². The van der Waals surface area contributed by atoms with E-state index < -0.39 is 5.60 Å². The van der Waals surface area contributed by atoms with Crippen molar-refractivity contribution in [1.82, 2.24) is 4.90 Å². The molecule has 0 radical (unpaired) electrons. The van der Waals surface area contributed by atoms with Gasteiger partial charge in [-0.3, -0.25) is 4.79 Å². The number of rotatable bonds is 5. The number of carbonyl (C=O) groups excluding carboxylic acids is 1. The van der Waals surface area contributed by atoms with Crippen molar-refractivity contribution in [2.45, 2.75) is 50.7 Å². The van der Waals surface area contributed by atoms with Crippen molar-refractivity contribution in [3.63, 3.8) is 0 Å². The summed E-state index contributed by atoms with van der Waals surface area (Å²) in [5.74, 6) is 0.822. The van der Waals surface area contributed by atoms with Crippen molar-refractivity contribution in [2.24, 2.45) is 5.92 Å². The van der Waals surface area contributed by atoms with Gasteiger partial charge >= 0.3 is 0 Å². The summed E-state index contributed by atoms with van der Waals surface area (Å²) in [4.78, 5) is 15.3. The largest absolute Gasteiger partial charge is 0.494 e. The van der Waals surface area contributed by atoms with E-state index in [0.29, 0.717) is 19.6 Å². The van der Waals surface area contributed by atoms with Gasteiger partial charge in [0.2, 0.25) is 5.91 Å². The number of amides is 1. The molecule has 1 N–H and O–H groups in total. The van der Waals surface area contributed by atoms with Crippen LogP contribution in [0.1, 0.15) is 56.2 Å². The number of para-hydroxylation sites is 1. The number of fused-ring (bicyclic) bond motifs is 1. The van der Waals surface area contributed by atoms with E-state index in [2.05, 4.69) is 6.07 Å². The first-order chi connectivity index (χ1) is 14.6. The Kier molecular flexibility index (Phi) is 6.24. The number of carbonyl (C=O) groups is 1. The monoisotopic (exact) mass is 405 g/mol. The molecule has 2 aliphatic rings. The number of hydrogen-bond donors (Lipinski definition) is 1. The summed E-state index contributed by atoms with van der Waals surface area (Å²) in [5, 5.41) is 11.5. The molecule has 4 nitrogen and oxygen atoms in total. The molecule has 1 aliphatic carbocycles. The number of aliphatic hydroxyl groups is 1. The van der Waals surface area contributed by atoms with Gasteiger partial charge in [-0.05, 0) is 43.9 Å². The summed E-state index contributed by atoms with van der Waals surface area (Å²) in [5.41, 5.74) is 1.30. The molecular formula is C26H31NO3. The Morgan fingerprint density at radius 2 is 1.90 bits per heavy atom. The Bertz CT molecular complexity index is 894. The molecule has 0 unspecified atom stereocenters. The van der Waals surface area contributed by atoms with Gasteiger partial charge in [0.1, 0.15) is 5.75 Å². The van der Waals surface area contributed by atoms with Crippen LogP contribution in [-0.4, -0.2) is 34.7 Å². The van der Waals surface area contributed by atoms with Crippen LogP contribution in [0.3, 0.4) is 0 Å². The van der Waals surface area contributed by atoms with Crippen molar-refractivity contribution in [1.29, 1.82) is 0 Å². The molecule has 0 bridgehead atoms. The van der Waals surface area contributed by atoms with Gasteiger partial charge in [-0.2, -0.15) is 0 Å². The molecule has 0 spiro atoms. The van der Waals surface area contributed by atoms with Crippen LogP contribution in [0.4, 0.5) is 0 Å². The van der Waals surface area contributed by atoms with Crippen molar-refractivity contribution < 1.29 is 14.6 Å². The van der Waals surface area contributed by atoms with Crippen LogP contribution in [0.25, 0.3) is 6.08 Å². The highest BCUT2D eigenvalue weighted by atomic mass is 16.5. The first-order valence-corrected chi connectivity index (χ1v) is 11.1. The molecule has 1 amide bonds. The minimum absolute atomic E-state index is 0.0113. The fourth-order valence-corrected chi connectivity index (χ4v) is 5.15. The molecule has 1 saturated carbocycles. The Labute approximate surface area is 179 Å². The van der Waals surface area contributed by atoms with E-state index >= 15 is 0 Å². The molecule has 1 saturated heterocycles. The third kappa shape index (κ3) is 4.15. The Hall–Kier alpha value is -2.59. The van der Waals surface area contributed by atoms with Crippen LogP contribution in [0.2, 0.25) is 0 Å². The molecule has 2 aromatic carbocycles. The average Bonchev–Trinajstić information content (AvgIpc) is 2.78. The van der Waals surface area contributed by atoms with Crippen LogP contribution in [0.5, 0.6) is 5.75 Å². The highest BCUT2D eigenvalue weighted by Crippen LogP contribution is 2.50. The van der Waals surface area contributed by atoms with E-state index in [-0.39, 0.29) is 17.9 Å². The van der Waals surface area contributed by atoms with Gasteiger partial charge in [0, 0.05) is 24.1 Å². The Morgan fingerprint density at radius 1 is 1.13 bits per heavy atom. The number of piperidine rings is 1. The summed E-state index contributed by atoms with van der Waals surface area (Å²) in [6.07, 6.45) is 8.04. The smallest absolute Gasteiger partial charge is 0.247 e. The summed E-state index contributed by atoms with van der Waals surface area (Å²) in [6.45, 7) is 3.09. The highest BCUT2D eigenvalue weighted by Gasteiger charge is 2.50. The third-order valence-electron chi connectivity index (χ3n) is 6.61. The van der Waals surface area contributed by atoms with Crippen molar-refractivity contribution >= 4 is 12.0 Å². The van der Waals surface area contributed by atoms with Crippen LogP contribution >= 0.6 is 0 Å². The van der Waals surface area contributed by atoms with Crippen molar-refractivity contribution in [2.75, 3.05) is 13.2 Å². The number of nitrogens with zero attached hydrogens (tertiary/aromatic N) is 1. The van der Waals surface area contributed by atoms with Gasteiger partial charge in [0.05, 0.1) is 18.2 Å². The summed E-state index contributed by atoms with van der Waals surface area (Å²) >= 11 is 0. The fourth-order valence-electron chi connectivity index (χ4n) is 5.15. The first-order valence-electron chi connectivity index (χ1n) is 11.1. The lowest BCUT2D eigenvalue weighted by Crippen LogP contribution is -2.56. The van der Waals surface area contributed by atoms with Gasteiger partial charge in [0.15, 0.2) is 0 Å². The second-order valence-corrected chi connectivity index (χ2v) is 8.40. The van der Waals surface area contributed by atoms with Gasteiger partial charge < -0.3 is 14.7 Å². The normalized spacial score (nSPS) is 26.4. The van der Waals surface area contributed by atoms with E-state index in [1.54, 1.807) is 6.08 Å². The number of benzene rings is 2. The lowest BCUT2D eigenvalue weighted by molar-refractivity contribution is -0.151. The molecule has 2 aromatic rings. The Morgan fingerprint density at radius 3 is 2.70 bits per heavy atom. The topological polar surface area (TPSA) is 49.8 Å². The molecule has 4 rings (SSSR count). The lowest BCUT2D eigenvalue weighted by atomic mass is 9.66. The van der Waals surface area contributed by atoms with Gasteiger partial charge in [-0.15, -0.1) is 0 Å². The average molecular weight is 406 g/mol. The maximum absolute atomic E-state index is 13.3. The van der Waals surface area contributed by atoms with Crippen molar-refractivity contribution in [3.8, 4) is 5.75 Å². The molecule has 1 heterocycles. The maximum atomic E-state index is 13.3.